The van der Waals surface area contributed by atoms with Crippen LogP contribution >= 0.6 is 23.2 Å². The quantitative estimate of drug-likeness (QED) is 0.174. The van der Waals surface area contributed by atoms with Crippen molar-refractivity contribution in [1.29, 1.82) is 0 Å². The van der Waals surface area contributed by atoms with Crippen LogP contribution in [0.5, 0.6) is 0 Å². The molecular weight excluding hydrogens is 601 g/mol. The second-order valence-corrected chi connectivity index (χ2v) is 11.8. The summed E-state index contributed by atoms with van der Waals surface area (Å²) in [6.07, 6.45) is 5.63. The topological polar surface area (TPSA) is 121 Å². The van der Waals surface area contributed by atoms with E-state index < -0.39 is 11.6 Å². The molecule has 0 unspecified atom stereocenters. The Morgan fingerprint density at radius 2 is 1.64 bits per heavy atom. The predicted octanol–water partition coefficient (Wildman–Crippen LogP) is 6.01. The number of hydrogen-bond acceptors (Lipinski definition) is 6. The summed E-state index contributed by atoms with van der Waals surface area (Å²) in [7, 11) is 4.00. The summed E-state index contributed by atoms with van der Waals surface area (Å²) in [6.45, 7) is 1.94. The van der Waals surface area contributed by atoms with Gasteiger partial charge in [-0.1, -0.05) is 53.5 Å². The van der Waals surface area contributed by atoms with Crippen molar-refractivity contribution >= 4 is 46.5 Å². The highest BCUT2D eigenvalue weighted by Gasteiger charge is 2.24. The van der Waals surface area contributed by atoms with Crippen LogP contribution in [0.15, 0.2) is 71.8 Å². The van der Waals surface area contributed by atoms with E-state index in [9.17, 15) is 14.4 Å². The predicted molar refractivity (Wildman–Crippen MR) is 174 cm³/mol. The normalized spacial score (nSPS) is 12.7. The number of benzene rings is 2. The Morgan fingerprint density at radius 1 is 0.955 bits per heavy atom. The van der Waals surface area contributed by atoms with Crippen LogP contribution in [-0.2, 0) is 6.54 Å². The number of carbonyl (C=O) groups excluding carboxylic acids is 2. The van der Waals surface area contributed by atoms with Crippen LogP contribution in [0.3, 0.4) is 0 Å². The highest BCUT2D eigenvalue weighted by molar-refractivity contribution is 6.39. The van der Waals surface area contributed by atoms with E-state index in [-0.39, 0.29) is 27.3 Å². The number of halogens is 2. The molecule has 10 nitrogen and oxygen atoms in total. The van der Waals surface area contributed by atoms with Gasteiger partial charge in [0.05, 0.1) is 21.4 Å². The first-order valence-corrected chi connectivity index (χ1v) is 15.1. The zero-order valence-electron chi connectivity index (χ0n) is 24.4. The maximum atomic E-state index is 13.3. The van der Waals surface area contributed by atoms with Crippen LogP contribution in [0.25, 0.3) is 22.4 Å². The fraction of sp³-hybridized carbons (Fsp3) is 0.281. The molecule has 44 heavy (non-hydrogen) atoms. The number of anilines is 2. The highest BCUT2D eigenvalue weighted by atomic mass is 35.5. The third-order valence-corrected chi connectivity index (χ3v) is 7.70. The van der Waals surface area contributed by atoms with Crippen molar-refractivity contribution in [2.45, 2.75) is 25.8 Å². The summed E-state index contributed by atoms with van der Waals surface area (Å²) >= 11 is 12.3. The summed E-state index contributed by atoms with van der Waals surface area (Å²) in [5, 5.41) is 13.2. The van der Waals surface area contributed by atoms with Crippen molar-refractivity contribution in [2.24, 2.45) is 5.92 Å². The zero-order valence-corrected chi connectivity index (χ0v) is 26.0. The number of urea groups is 1. The number of nitrogens with zero attached hydrogens (tertiary/aromatic N) is 4. The van der Waals surface area contributed by atoms with Gasteiger partial charge in [-0.25, -0.2) is 9.48 Å². The smallest absolute Gasteiger partial charge is 0.323 e. The first-order chi connectivity index (χ1) is 21.2. The number of rotatable bonds is 11. The molecule has 12 heteroatoms. The van der Waals surface area contributed by atoms with Gasteiger partial charge in [0.15, 0.2) is 0 Å². The molecule has 0 aliphatic heterocycles. The first-order valence-electron chi connectivity index (χ1n) is 14.3. The number of aromatic nitrogens is 3. The standard InChI is InChI=1S/C32H33Cl2N7O3/c1-40(2)13-5-12-36-30(42)24-9-4-7-22(15-24)21-6-3-8-23(14-21)27-16-28(31(43)41(39-27)19-20-10-11-20)37-32(44)38-29-25(33)17-35-18-26(29)34/h3-4,6-9,14-18,20H,5,10-13,19H2,1-2H3,(H,36,42)(H2,35,37,38,44). The molecule has 3 amide bonds. The number of hydrogen-bond donors (Lipinski definition) is 3. The van der Waals surface area contributed by atoms with Crippen LogP contribution in [0.1, 0.15) is 29.6 Å². The molecule has 5 rings (SSSR count). The van der Waals surface area contributed by atoms with E-state index in [0.29, 0.717) is 30.3 Å². The molecule has 3 N–H and O–H groups in total. The Balaban J connectivity index is 1.40. The molecule has 1 aliphatic rings. The minimum absolute atomic E-state index is 0.0628. The molecule has 1 aliphatic carbocycles. The average Bonchev–Trinajstić information content (AvgIpc) is 3.83. The van der Waals surface area contributed by atoms with E-state index >= 15 is 0 Å². The number of pyridine rings is 1. The minimum atomic E-state index is -0.683. The van der Waals surface area contributed by atoms with Crippen LogP contribution < -0.4 is 21.5 Å². The Hall–Kier alpha value is -4.25. The molecule has 228 valence electrons. The van der Waals surface area contributed by atoms with Crippen LogP contribution in [-0.4, -0.2) is 58.8 Å². The van der Waals surface area contributed by atoms with E-state index in [1.807, 2.05) is 56.6 Å². The third-order valence-electron chi connectivity index (χ3n) is 7.13. The van der Waals surface area contributed by atoms with E-state index in [0.717, 1.165) is 42.5 Å². The van der Waals surface area contributed by atoms with Gasteiger partial charge in [0.1, 0.15) is 5.69 Å². The summed E-state index contributed by atoms with van der Waals surface area (Å²) < 4.78 is 1.41. The average molecular weight is 635 g/mol. The molecule has 1 saturated carbocycles. The summed E-state index contributed by atoms with van der Waals surface area (Å²) in [6, 6.07) is 16.0. The lowest BCUT2D eigenvalue weighted by molar-refractivity contribution is 0.0952. The van der Waals surface area contributed by atoms with Crippen molar-refractivity contribution in [3.05, 3.63) is 93.0 Å². The molecule has 2 aromatic carbocycles. The van der Waals surface area contributed by atoms with Crippen molar-refractivity contribution in [2.75, 3.05) is 37.8 Å². The molecule has 0 bridgehead atoms. The lowest BCUT2D eigenvalue weighted by atomic mass is 9.99. The Bertz CT molecular complexity index is 1720. The van der Waals surface area contributed by atoms with E-state index in [1.165, 1.54) is 17.1 Å². The molecule has 2 aromatic heterocycles. The molecule has 0 radical (unpaired) electrons. The van der Waals surface area contributed by atoms with Gasteiger partial charge in [-0.15, -0.1) is 0 Å². The number of nitrogens with one attached hydrogen (secondary N) is 3. The highest BCUT2D eigenvalue weighted by Crippen LogP contribution is 2.32. The fourth-order valence-electron chi connectivity index (χ4n) is 4.64. The largest absolute Gasteiger partial charge is 0.352 e. The van der Waals surface area contributed by atoms with Crippen LogP contribution in [0, 0.1) is 5.92 Å². The summed E-state index contributed by atoms with van der Waals surface area (Å²) in [5.41, 5.74) is 3.40. The number of amides is 3. The molecule has 0 atom stereocenters. The van der Waals surface area contributed by atoms with Gasteiger partial charge in [0.25, 0.3) is 11.5 Å². The molecular formula is C32H33Cl2N7O3. The van der Waals surface area contributed by atoms with Gasteiger partial charge < -0.3 is 20.9 Å². The van der Waals surface area contributed by atoms with Gasteiger partial charge in [-0.3, -0.25) is 14.6 Å². The monoisotopic (exact) mass is 633 g/mol. The van der Waals surface area contributed by atoms with E-state index in [4.69, 9.17) is 23.2 Å². The SMILES string of the molecule is CN(C)CCCNC(=O)c1cccc(-c2cccc(-c3cc(NC(=O)Nc4c(Cl)cncc4Cl)c(=O)n(CC4CC4)n3)c2)c1. The maximum absolute atomic E-state index is 13.3. The molecule has 0 spiro atoms. The fourth-order valence-corrected chi connectivity index (χ4v) is 5.10. The van der Waals surface area contributed by atoms with Gasteiger partial charge >= 0.3 is 6.03 Å². The molecule has 2 heterocycles. The van der Waals surface area contributed by atoms with Crippen molar-refractivity contribution in [1.82, 2.24) is 25.0 Å². The number of carbonyl (C=O) groups is 2. The van der Waals surface area contributed by atoms with Gasteiger partial charge in [0.2, 0.25) is 0 Å². The van der Waals surface area contributed by atoms with E-state index in [2.05, 4.69) is 30.9 Å². The Kier molecular flexibility index (Phi) is 9.94. The summed E-state index contributed by atoms with van der Waals surface area (Å²) in [5.74, 6) is 0.244. The second kappa shape index (κ2) is 14.0. The van der Waals surface area contributed by atoms with Crippen molar-refractivity contribution in [3.63, 3.8) is 0 Å². The van der Waals surface area contributed by atoms with Crippen molar-refractivity contribution in [3.8, 4) is 22.4 Å². The van der Waals surface area contributed by atoms with Crippen LogP contribution in [0.2, 0.25) is 10.0 Å². The van der Waals surface area contributed by atoms with Gasteiger partial charge in [-0.05, 0) is 81.2 Å². The third kappa shape index (κ3) is 8.02. The summed E-state index contributed by atoms with van der Waals surface area (Å²) in [4.78, 5) is 45.0. The lowest BCUT2D eigenvalue weighted by Crippen LogP contribution is -2.30. The molecule has 1 fully saturated rings. The van der Waals surface area contributed by atoms with Gasteiger partial charge in [-0.2, -0.15) is 5.10 Å². The van der Waals surface area contributed by atoms with Crippen molar-refractivity contribution < 1.29 is 9.59 Å². The second-order valence-electron chi connectivity index (χ2n) is 11.0. The molecule has 0 saturated heterocycles. The lowest BCUT2D eigenvalue weighted by Gasteiger charge is -2.14. The molecule has 4 aromatic rings. The minimum Gasteiger partial charge on any atom is -0.352 e. The zero-order chi connectivity index (χ0) is 31.2. The first kappa shape index (κ1) is 31.2. The Morgan fingerprint density at radius 3 is 2.34 bits per heavy atom. The Labute approximate surface area is 265 Å². The van der Waals surface area contributed by atoms with Gasteiger partial charge in [0, 0.05) is 36.6 Å². The van der Waals surface area contributed by atoms with Crippen LogP contribution in [0.4, 0.5) is 16.2 Å². The van der Waals surface area contributed by atoms with E-state index in [1.54, 1.807) is 12.1 Å². The maximum Gasteiger partial charge on any atom is 0.323 e.